The summed E-state index contributed by atoms with van der Waals surface area (Å²) in [6, 6.07) is 3.92. The number of allylic oxidation sites excluding steroid dienone is 1. The van der Waals surface area contributed by atoms with Crippen LogP contribution in [0.1, 0.15) is 57.6 Å². The van der Waals surface area contributed by atoms with Crippen LogP contribution >= 0.6 is 0 Å². The number of hydrogen-bond acceptors (Lipinski definition) is 5. The van der Waals surface area contributed by atoms with E-state index in [4.69, 9.17) is 14.2 Å². The van der Waals surface area contributed by atoms with Crippen molar-refractivity contribution in [1.82, 2.24) is 5.32 Å². The summed E-state index contributed by atoms with van der Waals surface area (Å²) >= 11 is 0. The Hall–Kier alpha value is -2.01. The van der Waals surface area contributed by atoms with Crippen LogP contribution in [0, 0.1) is 18.3 Å². The molecule has 2 unspecified atom stereocenters. The minimum atomic E-state index is 0.111. The van der Waals surface area contributed by atoms with Gasteiger partial charge in [-0.05, 0) is 62.1 Å². The van der Waals surface area contributed by atoms with E-state index in [9.17, 15) is 4.79 Å². The van der Waals surface area contributed by atoms with Crippen LogP contribution in [0.15, 0.2) is 17.8 Å². The Labute approximate surface area is 175 Å². The Morgan fingerprint density at radius 2 is 1.93 bits per heavy atom. The highest BCUT2D eigenvalue weighted by Crippen LogP contribution is 2.40. The lowest BCUT2D eigenvalue weighted by atomic mass is 9.85. The molecule has 1 fully saturated rings. The molecular weight excluding hydrogens is 366 g/mol. The van der Waals surface area contributed by atoms with Crippen molar-refractivity contribution in [2.24, 2.45) is 11.3 Å². The lowest BCUT2D eigenvalue weighted by Gasteiger charge is -2.31. The van der Waals surface area contributed by atoms with Gasteiger partial charge in [-0.25, -0.2) is 0 Å². The zero-order chi connectivity index (χ0) is 21.6. The number of aldehydes is 1. The van der Waals surface area contributed by atoms with E-state index in [1.807, 2.05) is 19.1 Å². The molecule has 0 aliphatic heterocycles. The van der Waals surface area contributed by atoms with Gasteiger partial charge >= 0.3 is 0 Å². The third-order valence-electron chi connectivity index (χ3n) is 5.71. The van der Waals surface area contributed by atoms with Gasteiger partial charge in [0.25, 0.3) is 0 Å². The average Bonchev–Trinajstić information content (AvgIpc) is 3.51. The molecule has 1 aromatic carbocycles. The summed E-state index contributed by atoms with van der Waals surface area (Å²) in [5, 5.41) is 2.88. The highest BCUT2D eigenvalue weighted by Gasteiger charge is 2.35. The van der Waals surface area contributed by atoms with E-state index in [1.165, 1.54) is 12.8 Å². The maximum atomic E-state index is 11.1. The van der Waals surface area contributed by atoms with Crippen LogP contribution in [0.5, 0.6) is 11.5 Å². The smallest absolute Gasteiger partial charge is 0.165 e. The second-order valence-corrected chi connectivity index (χ2v) is 8.94. The van der Waals surface area contributed by atoms with E-state index in [-0.39, 0.29) is 17.6 Å². The summed E-state index contributed by atoms with van der Waals surface area (Å²) in [6.07, 6.45) is 7.36. The molecule has 0 aromatic heterocycles. The molecule has 0 radical (unpaired) electrons. The first-order chi connectivity index (χ1) is 13.7. The van der Waals surface area contributed by atoms with Crippen LogP contribution < -0.4 is 14.8 Å². The predicted molar refractivity (Wildman–Crippen MR) is 117 cm³/mol. The summed E-state index contributed by atoms with van der Waals surface area (Å²) in [7, 11) is 5.17. The fourth-order valence-corrected chi connectivity index (χ4v) is 3.78. The van der Waals surface area contributed by atoms with E-state index in [0.717, 1.165) is 41.8 Å². The highest BCUT2D eigenvalue weighted by atomic mass is 16.5. The van der Waals surface area contributed by atoms with Gasteiger partial charge in [-0.15, -0.1) is 0 Å². The molecule has 5 nitrogen and oxygen atoms in total. The van der Waals surface area contributed by atoms with E-state index in [0.29, 0.717) is 11.6 Å². The molecule has 1 N–H and O–H groups in total. The van der Waals surface area contributed by atoms with Gasteiger partial charge in [0.2, 0.25) is 0 Å². The SMILES string of the molecule is CN/C(C=O)=C/c1ccc(OC(CCC(OC)C(C)(C)C)C2CC2)c(C)c1OC. The molecule has 1 aliphatic rings. The molecule has 0 heterocycles. The van der Waals surface area contributed by atoms with Gasteiger partial charge in [0, 0.05) is 25.3 Å². The number of hydrogen-bond donors (Lipinski definition) is 1. The second kappa shape index (κ2) is 10.1. The lowest BCUT2D eigenvalue weighted by molar-refractivity contribution is -0.105. The van der Waals surface area contributed by atoms with E-state index >= 15 is 0 Å². The lowest BCUT2D eigenvalue weighted by Crippen LogP contribution is -2.31. The van der Waals surface area contributed by atoms with Gasteiger partial charge in [0.05, 0.1) is 18.9 Å². The molecule has 0 bridgehead atoms. The minimum Gasteiger partial charge on any atom is -0.496 e. The van der Waals surface area contributed by atoms with E-state index in [2.05, 4.69) is 26.1 Å². The number of nitrogens with one attached hydrogen (secondary N) is 1. The maximum absolute atomic E-state index is 11.1. The molecule has 0 saturated heterocycles. The molecule has 2 rings (SSSR count). The third kappa shape index (κ3) is 6.23. The van der Waals surface area contributed by atoms with Crippen LogP contribution in [-0.2, 0) is 9.53 Å². The third-order valence-corrected chi connectivity index (χ3v) is 5.71. The van der Waals surface area contributed by atoms with Crippen LogP contribution in [-0.4, -0.2) is 39.8 Å². The number of carbonyl (C=O) groups excluding carboxylic acids is 1. The summed E-state index contributed by atoms with van der Waals surface area (Å²) in [4.78, 5) is 11.1. The predicted octanol–water partition coefficient (Wildman–Crippen LogP) is 4.76. The Morgan fingerprint density at radius 3 is 2.41 bits per heavy atom. The first-order valence-electron chi connectivity index (χ1n) is 10.5. The van der Waals surface area contributed by atoms with Crippen molar-refractivity contribution in [3.63, 3.8) is 0 Å². The molecule has 1 aliphatic carbocycles. The number of ether oxygens (including phenoxy) is 3. The molecular formula is C24H37NO4. The topological polar surface area (TPSA) is 56.8 Å². The summed E-state index contributed by atoms with van der Waals surface area (Å²) in [6.45, 7) is 8.65. The van der Waals surface area contributed by atoms with Gasteiger partial charge in [0.1, 0.15) is 17.6 Å². The Balaban J connectivity index is 2.20. The molecule has 2 atom stereocenters. The largest absolute Gasteiger partial charge is 0.496 e. The first kappa shape index (κ1) is 23.3. The zero-order valence-corrected chi connectivity index (χ0v) is 19.0. The molecule has 1 saturated carbocycles. The van der Waals surface area contributed by atoms with Gasteiger partial charge in [0.15, 0.2) is 6.29 Å². The first-order valence-corrected chi connectivity index (χ1v) is 10.5. The molecule has 162 valence electrons. The molecule has 1 aromatic rings. The Morgan fingerprint density at radius 1 is 1.24 bits per heavy atom. The fourth-order valence-electron chi connectivity index (χ4n) is 3.78. The highest BCUT2D eigenvalue weighted by molar-refractivity contribution is 5.82. The standard InChI is InChI=1S/C24H37NO4/c1-16-20(11-10-18(23(16)28-7)14-19(15-26)25-5)29-21(17-8-9-17)12-13-22(27-6)24(2,3)4/h10-11,14-15,17,21-22,25H,8-9,12-13H2,1-7H3/b19-14+. The van der Waals surface area contributed by atoms with Crippen molar-refractivity contribution >= 4 is 12.4 Å². The van der Waals surface area contributed by atoms with E-state index in [1.54, 1.807) is 27.3 Å². The van der Waals surface area contributed by atoms with Crippen LogP contribution in [0.4, 0.5) is 0 Å². The molecule has 0 spiro atoms. The monoisotopic (exact) mass is 403 g/mol. The van der Waals surface area contributed by atoms with Gasteiger partial charge in [-0.1, -0.05) is 20.8 Å². The number of rotatable bonds is 11. The zero-order valence-electron chi connectivity index (χ0n) is 19.0. The number of methoxy groups -OCH3 is 2. The summed E-state index contributed by atoms with van der Waals surface area (Å²) in [5.74, 6) is 2.19. The maximum Gasteiger partial charge on any atom is 0.165 e. The number of benzene rings is 1. The van der Waals surface area contributed by atoms with Crippen molar-refractivity contribution in [3.8, 4) is 11.5 Å². The van der Waals surface area contributed by atoms with Crippen molar-refractivity contribution in [3.05, 3.63) is 29.0 Å². The van der Waals surface area contributed by atoms with Crippen molar-refractivity contribution in [2.75, 3.05) is 21.3 Å². The molecule has 5 heteroatoms. The second-order valence-electron chi connectivity index (χ2n) is 8.94. The Kier molecular flexibility index (Phi) is 8.14. The minimum absolute atomic E-state index is 0.111. The van der Waals surface area contributed by atoms with Crippen molar-refractivity contribution in [2.45, 2.75) is 65.6 Å². The Bertz CT molecular complexity index is 716. The van der Waals surface area contributed by atoms with Gasteiger partial charge in [-0.2, -0.15) is 0 Å². The summed E-state index contributed by atoms with van der Waals surface area (Å²) in [5.41, 5.74) is 2.41. The summed E-state index contributed by atoms with van der Waals surface area (Å²) < 4.78 is 17.9. The van der Waals surface area contributed by atoms with Gasteiger partial charge in [-0.3, -0.25) is 4.79 Å². The van der Waals surface area contributed by atoms with Crippen LogP contribution in [0.25, 0.3) is 6.08 Å². The number of likely N-dealkylation sites (N-methyl/N-ethyl adjacent to an activating group) is 1. The van der Waals surface area contributed by atoms with E-state index < -0.39 is 0 Å². The van der Waals surface area contributed by atoms with Crippen molar-refractivity contribution in [1.29, 1.82) is 0 Å². The molecule has 29 heavy (non-hydrogen) atoms. The van der Waals surface area contributed by atoms with Crippen LogP contribution in [0.2, 0.25) is 0 Å². The normalized spacial score (nSPS) is 16.9. The number of carbonyl (C=O) groups is 1. The average molecular weight is 404 g/mol. The van der Waals surface area contributed by atoms with Crippen LogP contribution in [0.3, 0.4) is 0 Å². The fraction of sp³-hybridized carbons (Fsp3) is 0.625. The van der Waals surface area contributed by atoms with Crippen molar-refractivity contribution < 1.29 is 19.0 Å². The van der Waals surface area contributed by atoms with Gasteiger partial charge < -0.3 is 19.5 Å². The quantitative estimate of drug-likeness (QED) is 0.426. The molecule has 0 amide bonds.